The molecule has 1 N–H and O–H groups in total. The molecule has 2 heteroatoms. The summed E-state index contributed by atoms with van der Waals surface area (Å²) in [5, 5.41) is 4.02. The first-order valence-electron chi connectivity index (χ1n) is 14.8. The van der Waals surface area contributed by atoms with Crippen molar-refractivity contribution in [3.63, 3.8) is 0 Å². The molecule has 0 aliphatic rings. The lowest BCUT2D eigenvalue weighted by atomic mass is 9.70. The van der Waals surface area contributed by atoms with Gasteiger partial charge in [-0.3, -0.25) is 4.79 Å². The number of nitrogens with one attached hydrogen (secondary N) is 1. The van der Waals surface area contributed by atoms with Gasteiger partial charge in [0, 0.05) is 17.9 Å². The van der Waals surface area contributed by atoms with Gasteiger partial charge >= 0.3 is 0 Å². The van der Waals surface area contributed by atoms with E-state index in [0.29, 0.717) is 22.7 Å². The normalized spacial score (nSPS) is 13.2. The smallest absolute Gasteiger partial charge is 0.138 e. The molecule has 0 spiro atoms. The molecule has 0 amide bonds. The van der Waals surface area contributed by atoms with Crippen molar-refractivity contribution in [1.82, 2.24) is 5.32 Å². The molecule has 0 saturated heterocycles. The zero-order chi connectivity index (χ0) is 25.4. The number of carbonyl (C=O) groups excluding carboxylic acids is 1. The summed E-state index contributed by atoms with van der Waals surface area (Å²) in [7, 11) is 0. The highest BCUT2D eigenvalue weighted by atomic mass is 16.1. The molecule has 2 nitrogen and oxygen atoms in total. The van der Waals surface area contributed by atoms with Gasteiger partial charge in [0.1, 0.15) is 5.78 Å². The van der Waals surface area contributed by atoms with Gasteiger partial charge in [-0.25, -0.2) is 0 Å². The fraction of sp³-hybridized carbons (Fsp3) is 0.968. The molecule has 0 unspecified atom stereocenters. The van der Waals surface area contributed by atoms with Gasteiger partial charge in [-0.2, -0.15) is 0 Å². The third-order valence-corrected chi connectivity index (χ3v) is 8.64. The summed E-state index contributed by atoms with van der Waals surface area (Å²) in [6.07, 6.45) is 19.2. The molecule has 0 rings (SSSR count). The molecule has 0 fully saturated rings. The second-order valence-corrected chi connectivity index (χ2v) is 12.2. The van der Waals surface area contributed by atoms with E-state index in [1.807, 2.05) is 0 Å². The zero-order valence-electron chi connectivity index (χ0n) is 24.5. The van der Waals surface area contributed by atoms with Crippen LogP contribution in [0.15, 0.2) is 0 Å². The quantitative estimate of drug-likeness (QED) is 0.161. The predicted molar refractivity (Wildman–Crippen MR) is 149 cm³/mol. The second kappa shape index (κ2) is 17.1. The van der Waals surface area contributed by atoms with Crippen LogP contribution in [0.4, 0.5) is 0 Å². The summed E-state index contributed by atoms with van der Waals surface area (Å²) >= 11 is 0. The topological polar surface area (TPSA) is 29.1 Å². The summed E-state index contributed by atoms with van der Waals surface area (Å²) in [6.45, 7) is 22.0. The van der Waals surface area contributed by atoms with Crippen molar-refractivity contribution in [1.29, 1.82) is 0 Å². The van der Waals surface area contributed by atoms with Crippen LogP contribution in [-0.2, 0) is 4.79 Å². The monoisotopic (exact) mass is 465 g/mol. The Hall–Kier alpha value is -0.370. The summed E-state index contributed by atoms with van der Waals surface area (Å²) in [6, 6.07) is 0.612. The van der Waals surface area contributed by atoms with Gasteiger partial charge in [0.25, 0.3) is 0 Å². The van der Waals surface area contributed by atoms with Crippen molar-refractivity contribution in [2.75, 3.05) is 6.54 Å². The molecule has 0 aromatic carbocycles. The van der Waals surface area contributed by atoms with Crippen LogP contribution in [0.2, 0.25) is 0 Å². The fourth-order valence-corrected chi connectivity index (χ4v) is 6.32. The van der Waals surface area contributed by atoms with E-state index >= 15 is 0 Å². The molecular formula is C31H63NO. The summed E-state index contributed by atoms with van der Waals surface area (Å²) in [4.78, 5) is 12.6. The Kier molecular flexibility index (Phi) is 16.9. The van der Waals surface area contributed by atoms with E-state index in [2.05, 4.69) is 67.6 Å². The van der Waals surface area contributed by atoms with Gasteiger partial charge in [0.15, 0.2) is 0 Å². The number of rotatable bonds is 22. The summed E-state index contributed by atoms with van der Waals surface area (Å²) in [5.74, 6) is 0.475. The van der Waals surface area contributed by atoms with Gasteiger partial charge in [-0.1, -0.05) is 94.4 Å². The lowest BCUT2D eigenvalue weighted by Crippen LogP contribution is -2.39. The summed E-state index contributed by atoms with van der Waals surface area (Å²) in [5.41, 5.74) is 0.810. The Morgan fingerprint density at radius 3 is 1.45 bits per heavy atom. The van der Waals surface area contributed by atoms with Crippen molar-refractivity contribution >= 4 is 5.78 Å². The molecule has 0 saturated carbocycles. The molecule has 0 radical (unpaired) electrons. The molecule has 0 bridgehead atoms. The van der Waals surface area contributed by atoms with E-state index in [9.17, 15) is 4.79 Å². The van der Waals surface area contributed by atoms with Gasteiger partial charge < -0.3 is 5.32 Å². The Bertz CT molecular complexity index is 457. The molecule has 0 aromatic rings. The number of hydrogen-bond acceptors (Lipinski definition) is 2. The number of hydrogen-bond donors (Lipinski definition) is 1. The van der Waals surface area contributed by atoms with E-state index in [1.165, 1.54) is 70.6 Å². The second-order valence-electron chi connectivity index (χ2n) is 12.2. The molecule has 198 valence electrons. The Morgan fingerprint density at radius 2 is 1.09 bits per heavy atom. The molecular weight excluding hydrogens is 402 g/mol. The molecule has 0 aliphatic carbocycles. The van der Waals surface area contributed by atoms with Crippen molar-refractivity contribution in [2.24, 2.45) is 16.2 Å². The fourth-order valence-electron chi connectivity index (χ4n) is 6.32. The zero-order valence-corrected chi connectivity index (χ0v) is 24.5. The van der Waals surface area contributed by atoms with Gasteiger partial charge in [0.05, 0.1) is 0 Å². The van der Waals surface area contributed by atoms with Crippen LogP contribution in [0.1, 0.15) is 165 Å². The Labute approximate surface area is 209 Å². The molecule has 0 aliphatic heterocycles. The minimum absolute atomic E-state index is 0.102. The highest BCUT2D eigenvalue weighted by Crippen LogP contribution is 2.40. The number of ketones is 1. The van der Waals surface area contributed by atoms with Crippen LogP contribution in [0.25, 0.3) is 0 Å². The lowest BCUT2D eigenvalue weighted by molar-refractivity contribution is -0.128. The summed E-state index contributed by atoms with van der Waals surface area (Å²) < 4.78 is 0. The van der Waals surface area contributed by atoms with Crippen LogP contribution in [-0.4, -0.2) is 18.4 Å². The van der Waals surface area contributed by atoms with Crippen molar-refractivity contribution in [3.05, 3.63) is 0 Å². The van der Waals surface area contributed by atoms with E-state index in [-0.39, 0.29) is 5.41 Å². The highest BCUT2D eigenvalue weighted by molar-refractivity contribution is 5.84. The molecule has 33 heavy (non-hydrogen) atoms. The van der Waals surface area contributed by atoms with Crippen molar-refractivity contribution < 1.29 is 4.79 Å². The first kappa shape index (κ1) is 32.6. The third kappa shape index (κ3) is 12.8. The van der Waals surface area contributed by atoms with Crippen molar-refractivity contribution in [2.45, 2.75) is 171 Å². The number of Topliss-reactive ketones (excluding diaryl/α,β-unsaturated/α-hetero) is 1. The standard InChI is InChI=1S/C31H63NO/c1-10-20-29(7,21-11-2)25-27(26-30(8,22-12-3)23-13-4)32-24-18-16-17-19-28(33)31(9,14-5)15-6/h27,32H,10-26H2,1-9H3. The lowest BCUT2D eigenvalue weighted by Gasteiger charge is -2.39. The average Bonchev–Trinajstić information content (AvgIpc) is 2.75. The minimum atomic E-state index is -0.102. The highest BCUT2D eigenvalue weighted by Gasteiger charge is 2.32. The van der Waals surface area contributed by atoms with E-state index in [4.69, 9.17) is 0 Å². The SMILES string of the molecule is CCCC(C)(CCC)CC(CC(C)(CCC)CCC)NCCCCCC(=O)C(C)(CC)CC. The first-order chi connectivity index (χ1) is 15.6. The van der Waals surface area contributed by atoms with E-state index in [1.54, 1.807) is 0 Å². The van der Waals surface area contributed by atoms with E-state index < -0.39 is 0 Å². The van der Waals surface area contributed by atoms with Crippen LogP contribution in [0.3, 0.4) is 0 Å². The number of unbranched alkanes of at least 4 members (excludes halogenated alkanes) is 2. The van der Waals surface area contributed by atoms with Gasteiger partial charge in [-0.15, -0.1) is 0 Å². The molecule has 0 heterocycles. The molecule has 0 aromatic heterocycles. The maximum atomic E-state index is 12.6. The minimum Gasteiger partial charge on any atom is -0.314 e. The Balaban J connectivity index is 4.94. The van der Waals surface area contributed by atoms with E-state index in [0.717, 1.165) is 38.6 Å². The van der Waals surface area contributed by atoms with Crippen LogP contribution in [0.5, 0.6) is 0 Å². The maximum absolute atomic E-state index is 12.6. The van der Waals surface area contributed by atoms with Crippen LogP contribution in [0, 0.1) is 16.2 Å². The van der Waals surface area contributed by atoms with Crippen LogP contribution < -0.4 is 5.32 Å². The Morgan fingerprint density at radius 1 is 0.667 bits per heavy atom. The molecule has 0 atom stereocenters. The van der Waals surface area contributed by atoms with Gasteiger partial charge in [-0.05, 0) is 81.6 Å². The van der Waals surface area contributed by atoms with Crippen molar-refractivity contribution in [3.8, 4) is 0 Å². The number of carbonyl (C=O) groups is 1. The first-order valence-corrected chi connectivity index (χ1v) is 14.8. The predicted octanol–water partition coefficient (Wildman–Crippen LogP) is 9.89. The maximum Gasteiger partial charge on any atom is 0.138 e. The van der Waals surface area contributed by atoms with Crippen LogP contribution >= 0.6 is 0 Å². The van der Waals surface area contributed by atoms with Gasteiger partial charge in [0.2, 0.25) is 0 Å². The average molecular weight is 466 g/mol. The largest absolute Gasteiger partial charge is 0.314 e. The third-order valence-electron chi connectivity index (χ3n) is 8.64.